The molecule has 2 rings (SSSR count). The van der Waals surface area contributed by atoms with Crippen LogP contribution in [0, 0.1) is 0 Å². The number of esters is 1. The maximum absolute atomic E-state index is 11.0. The molecular formula is C8H9NO2. The van der Waals surface area contributed by atoms with Crippen molar-refractivity contribution in [2.75, 3.05) is 20.2 Å². The monoisotopic (exact) mass is 151 g/mol. The zero-order valence-corrected chi connectivity index (χ0v) is 6.33. The molecule has 0 saturated heterocycles. The first-order valence-corrected chi connectivity index (χ1v) is 3.57. The molecule has 0 N–H and O–H groups in total. The molecule has 2 heterocycles. The standard InChI is InChI=1S/C8H9NO2/c1-9-4-2-3-6-7(9)5-11-8(6)10/h2-3H,4-5H2,1H3. The first-order valence-electron chi connectivity index (χ1n) is 3.57. The summed E-state index contributed by atoms with van der Waals surface area (Å²) in [5.41, 5.74) is 1.73. The lowest BCUT2D eigenvalue weighted by Gasteiger charge is -2.20. The van der Waals surface area contributed by atoms with Gasteiger partial charge >= 0.3 is 5.97 Å². The van der Waals surface area contributed by atoms with Crippen molar-refractivity contribution < 1.29 is 9.53 Å². The lowest BCUT2D eigenvalue weighted by molar-refractivity contribution is -0.135. The molecular weight excluding hydrogens is 142 g/mol. The van der Waals surface area contributed by atoms with Gasteiger partial charge in [0, 0.05) is 13.6 Å². The second kappa shape index (κ2) is 2.12. The third kappa shape index (κ3) is 0.843. The highest BCUT2D eigenvalue weighted by molar-refractivity contribution is 5.94. The van der Waals surface area contributed by atoms with E-state index in [2.05, 4.69) is 0 Å². The Labute approximate surface area is 64.9 Å². The van der Waals surface area contributed by atoms with Gasteiger partial charge in [-0.1, -0.05) is 6.08 Å². The normalized spacial score (nSPS) is 22.3. The van der Waals surface area contributed by atoms with E-state index in [0.29, 0.717) is 6.61 Å². The quantitative estimate of drug-likeness (QED) is 0.466. The predicted octanol–water partition coefficient (Wildman–Crippen LogP) is 0.299. The van der Waals surface area contributed by atoms with Crippen molar-refractivity contribution >= 4 is 5.97 Å². The molecule has 3 heteroatoms. The predicted molar refractivity (Wildman–Crippen MR) is 39.8 cm³/mol. The molecule has 0 radical (unpaired) electrons. The molecule has 0 aliphatic carbocycles. The molecule has 0 saturated carbocycles. The Morgan fingerprint density at radius 3 is 3.18 bits per heavy atom. The van der Waals surface area contributed by atoms with Crippen molar-refractivity contribution in [2.45, 2.75) is 0 Å². The Morgan fingerprint density at radius 1 is 1.64 bits per heavy atom. The number of rotatable bonds is 0. The Morgan fingerprint density at radius 2 is 2.45 bits per heavy atom. The highest BCUT2D eigenvalue weighted by atomic mass is 16.5. The summed E-state index contributed by atoms with van der Waals surface area (Å²) in [6.45, 7) is 1.31. The summed E-state index contributed by atoms with van der Waals surface area (Å²) in [7, 11) is 1.96. The minimum absolute atomic E-state index is 0.192. The van der Waals surface area contributed by atoms with Crippen LogP contribution in [0.3, 0.4) is 0 Å². The topological polar surface area (TPSA) is 29.5 Å². The summed E-state index contributed by atoms with van der Waals surface area (Å²) in [5, 5.41) is 0. The second-order valence-corrected chi connectivity index (χ2v) is 2.72. The average Bonchev–Trinajstić information content (AvgIpc) is 2.35. The van der Waals surface area contributed by atoms with E-state index in [1.807, 2.05) is 24.1 Å². The number of ether oxygens (including phenoxy) is 1. The molecule has 3 nitrogen and oxygen atoms in total. The van der Waals surface area contributed by atoms with Crippen LogP contribution in [0.15, 0.2) is 23.4 Å². The fourth-order valence-electron chi connectivity index (χ4n) is 1.33. The van der Waals surface area contributed by atoms with E-state index in [9.17, 15) is 4.79 Å². The van der Waals surface area contributed by atoms with Crippen molar-refractivity contribution in [1.29, 1.82) is 0 Å². The number of hydrogen-bond donors (Lipinski definition) is 0. The third-order valence-electron chi connectivity index (χ3n) is 2.00. The van der Waals surface area contributed by atoms with E-state index < -0.39 is 0 Å². The lowest BCUT2D eigenvalue weighted by Crippen LogP contribution is -2.21. The Hall–Kier alpha value is -1.25. The molecule has 0 fully saturated rings. The van der Waals surface area contributed by atoms with Gasteiger partial charge in [-0.05, 0) is 6.08 Å². The third-order valence-corrected chi connectivity index (χ3v) is 2.00. The number of carbonyl (C=O) groups excluding carboxylic acids is 1. The van der Waals surface area contributed by atoms with Gasteiger partial charge in [0.2, 0.25) is 0 Å². The first-order chi connectivity index (χ1) is 5.29. The van der Waals surface area contributed by atoms with Crippen LogP contribution >= 0.6 is 0 Å². The largest absolute Gasteiger partial charge is 0.456 e. The number of cyclic esters (lactones) is 1. The summed E-state index contributed by atoms with van der Waals surface area (Å²) in [6, 6.07) is 0. The van der Waals surface area contributed by atoms with Crippen molar-refractivity contribution in [3.63, 3.8) is 0 Å². The van der Waals surface area contributed by atoms with E-state index >= 15 is 0 Å². The van der Waals surface area contributed by atoms with Gasteiger partial charge in [0.25, 0.3) is 0 Å². The van der Waals surface area contributed by atoms with Crippen LogP contribution in [0.2, 0.25) is 0 Å². The zero-order valence-electron chi connectivity index (χ0n) is 6.33. The summed E-state index contributed by atoms with van der Waals surface area (Å²) in [4.78, 5) is 13.0. The Balaban J connectivity index is 2.40. The minimum atomic E-state index is -0.192. The van der Waals surface area contributed by atoms with Crippen LogP contribution < -0.4 is 0 Å². The van der Waals surface area contributed by atoms with Crippen LogP contribution in [0.5, 0.6) is 0 Å². The van der Waals surface area contributed by atoms with Gasteiger partial charge in [-0.25, -0.2) is 4.79 Å². The summed E-state index contributed by atoms with van der Waals surface area (Å²) >= 11 is 0. The van der Waals surface area contributed by atoms with Gasteiger partial charge in [-0.2, -0.15) is 0 Å². The first kappa shape index (κ1) is 6.46. The highest BCUT2D eigenvalue weighted by Crippen LogP contribution is 2.22. The van der Waals surface area contributed by atoms with Crippen LogP contribution in [0.4, 0.5) is 0 Å². The van der Waals surface area contributed by atoms with Gasteiger partial charge in [-0.3, -0.25) is 0 Å². The van der Waals surface area contributed by atoms with Crippen molar-refractivity contribution in [3.05, 3.63) is 23.4 Å². The second-order valence-electron chi connectivity index (χ2n) is 2.72. The fourth-order valence-corrected chi connectivity index (χ4v) is 1.33. The number of carbonyl (C=O) groups is 1. The molecule has 0 unspecified atom stereocenters. The molecule has 58 valence electrons. The Kier molecular flexibility index (Phi) is 1.24. The average molecular weight is 151 g/mol. The molecule has 0 atom stereocenters. The van der Waals surface area contributed by atoms with E-state index in [-0.39, 0.29) is 5.97 Å². The highest BCUT2D eigenvalue weighted by Gasteiger charge is 2.26. The van der Waals surface area contributed by atoms with Gasteiger partial charge in [0.15, 0.2) is 0 Å². The molecule has 11 heavy (non-hydrogen) atoms. The molecule has 0 amide bonds. The van der Waals surface area contributed by atoms with Crippen molar-refractivity contribution in [1.82, 2.24) is 4.90 Å². The number of hydrogen-bond acceptors (Lipinski definition) is 3. The van der Waals surface area contributed by atoms with Crippen LogP contribution in [-0.4, -0.2) is 31.1 Å². The van der Waals surface area contributed by atoms with Crippen molar-refractivity contribution in [2.24, 2.45) is 0 Å². The van der Waals surface area contributed by atoms with Crippen molar-refractivity contribution in [3.8, 4) is 0 Å². The summed E-state index contributed by atoms with van der Waals surface area (Å²) < 4.78 is 4.86. The minimum Gasteiger partial charge on any atom is -0.456 e. The summed E-state index contributed by atoms with van der Waals surface area (Å²) in [6.07, 6.45) is 3.80. The molecule has 0 bridgehead atoms. The molecule has 0 spiro atoms. The van der Waals surface area contributed by atoms with E-state index in [1.54, 1.807) is 0 Å². The van der Waals surface area contributed by atoms with Gasteiger partial charge < -0.3 is 9.64 Å². The molecule has 0 aromatic carbocycles. The van der Waals surface area contributed by atoms with E-state index in [1.165, 1.54) is 0 Å². The molecule has 0 aromatic rings. The molecule has 2 aliphatic rings. The van der Waals surface area contributed by atoms with Gasteiger partial charge in [0.1, 0.15) is 6.61 Å². The SMILES string of the molecule is CN1CC=CC2=C1COC2=O. The van der Waals surface area contributed by atoms with E-state index in [4.69, 9.17) is 4.74 Å². The van der Waals surface area contributed by atoms with Crippen LogP contribution in [-0.2, 0) is 9.53 Å². The number of nitrogens with zero attached hydrogens (tertiary/aromatic N) is 1. The maximum Gasteiger partial charge on any atom is 0.340 e. The Bertz CT molecular complexity index is 265. The summed E-state index contributed by atoms with van der Waals surface area (Å²) in [5.74, 6) is -0.192. The maximum atomic E-state index is 11.0. The molecule has 2 aliphatic heterocycles. The van der Waals surface area contributed by atoms with Gasteiger partial charge in [-0.15, -0.1) is 0 Å². The number of likely N-dealkylation sites (N-methyl/N-ethyl adjacent to an activating group) is 1. The zero-order chi connectivity index (χ0) is 7.84. The molecule has 0 aromatic heterocycles. The van der Waals surface area contributed by atoms with E-state index in [0.717, 1.165) is 17.8 Å². The fraction of sp³-hybridized carbons (Fsp3) is 0.375. The van der Waals surface area contributed by atoms with Gasteiger partial charge in [0.05, 0.1) is 11.3 Å². The van der Waals surface area contributed by atoms with Crippen LogP contribution in [0.25, 0.3) is 0 Å². The van der Waals surface area contributed by atoms with Crippen LogP contribution in [0.1, 0.15) is 0 Å². The smallest absolute Gasteiger partial charge is 0.340 e. The lowest BCUT2D eigenvalue weighted by atomic mass is 10.1.